The lowest BCUT2D eigenvalue weighted by molar-refractivity contribution is -0.123. The predicted molar refractivity (Wildman–Crippen MR) is 109 cm³/mol. The van der Waals surface area contributed by atoms with E-state index in [4.69, 9.17) is 0 Å². The molecule has 0 bridgehead atoms. The smallest absolute Gasteiger partial charge is 0.240 e. The van der Waals surface area contributed by atoms with E-state index in [1.54, 1.807) is 71.8 Å². The van der Waals surface area contributed by atoms with Crippen molar-refractivity contribution in [3.8, 4) is 6.07 Å². The quantitative estimate of drug-likeness (QED) is 0.590. The molecule has 2 aromatic carbocycles. The number of anilines is 1. The molecule has 146 valence electrons. The number of amides is 2. The van der Waals surface area contributed by atoms with E-state index in [-0.39, 0.29) is 17.6 Å². The van der Waals surface area contributed by atoms with E-state index in [1.165, 1.54) is 4.90 Å². The minimum absolute atomic E-state index is 0.206. The largest absolute Gasteiger partial charge is 0.359 e. The highest BCUT2D eigenvalue weighted by atomic mass is 16.2. The SMILES string of the molecule is N#CC1=C[C@@H]2[C@@H]3C(=O)N(c4ccccc4)C(=O)[C@H]3[C@@H](C(=O)c3ccccc3)N2C=C1. The lowest BCUT2D eigenvalue weighted by Gasteiger charge is -2.32. The van der Waals surface area contributed by atoms with E-state index < -0.39 is 23.9 Å². The molecule has 5 rings (SSSR count). The third-order valence-electron chi connectivity index (χ3n) is 6.02. The summed E-state index contributed by atoms with van der Waals surface area (Å²) in [5, 5.41) is 9.34. The van der Waals surface area contributed by atoms with Crippen molar-refractivity contribution in [1.82, 2.24) is 4.90 Å². The molecule has 6 nitrogen and oxygen atoms in total. The van der Waals surface area contributed by atoms with Gasteiger partial charge >= 0.3 is 0 Å². The first-order valence-electron chi connectivity index (χ1n) is 9.71. The number of benzene rings is 2. The molecule has 0 N–H and O–H groups in total. The Balaban J connectivity index is 1.62. The maximum absolute atomic E-state index is 13.5. The van der Waals surface area contributed by atoms with Crippen LogP contribution in [0.15, 0.2) is 84.6 Å². The van der Waals surface area contributed by atoms with E-state index in [9.17, 15) is 19.6 Å². The number of para-hydroxylation sites is 1. The summed E-state index contributed by atoms with van der Waals surface area (Å²) in [6, 6.07) is 18.3. The lowest BCUT2D eigenvalue weighted by atomic mass is 9.86. The number of hydrogen-bond acceptors (Lipinski definition) is 5. The van der Waals surface area contributed by atoms with E-state index in [2.05, 4.69) is 6.07 Å². The van der Waals surface area contributed by atoms with Crippen LogP contribution in [0.4, 0.5) is 5.69 Å². The van der Waals surface area contributed by atoms with Gasteiger partial charge in [0.1, 0.15) is 6.04 Å². The maximum atomic E-state index is 13.5. The number of hydrogen-bond donors (Lipinski definition) is 0. The number of imide groups is 1. The zero-order chi connectivity index (χ0) is 20.8. The van der Waals surface area contributed by atoms with Crippen LogP contribution in [-0.2, 0) is 9.59 Å². The van der Waals surface area contributed by atoms with Crippen molar-refractivity contribution in [2.45, 2.75) is 12.1 Å². The second-order valence-corrected chi connectivity index (χ2v) is 7.56. The molecular formula is C24H17N3O3. The molecule has 2 aromatic rings. The average Bonchev–Trinajstić information content (AvgIpc) is 3.26. The molecule has 0 spiro atoms. The Hall–Kier alpha value is -3.98. The number of rotatable bonds is 3. The van der Waals surface area contributed by atoms with Gasteiger partial charge in [-0.25, -0.2) is 4.90 Å². The van der Waals surface area contributed by atoms with Crippen molar-refractivity contribution in [3.05, 3.63) is 90.2 Å². The normalized spacial score (nSPS) is 26.8. The fraction of sp³-hybridized carbons (Fsp3) is 0.167. The zero-order valence-corrected chi connectivity index (χ0v) is 15.9. The first-order chi connectivity index (χ1) is 14.6. The fourth-order valence-electron chi connectivity index (χ4n) is 4.73. The molecular weight excluding hydrogens is 378 g/mol. The average molecular weight is 395 g/mol. The van der Waals surface area contributed by atoms with Crippen LogP contribution in [0.1, 0.15) is 10.4 Å². The van der Waals surface area contributed by atoms with Crippen LogP contribution in [0, 0.1) is 23.2 Å². The van der Waals surface area contributed by atoms with Crippen LogP contribution in [0.2, 0.25) is 0 Å². The summed E-state index contributed by atoms with van der Waals surface area (Å²) in [4.78, 5) is 43.2. The van der Waals surface area contributed by atoms with E-state index in [0.29, 0.717) is 16.8 Å². The number of nitrogens with zero attached hydrogens (tertiary/aromatic N) is 3. The summed E-state index contributed by atoms with van der Waals surface area (Å²) in [7, 11) is 0. The standard InChI is InChI=1S/C24H17N3O3/c25-14-15-11-12-26-18(13-15)19-20(21(26)22(28)16-7-3-1-4-8-16)24(30)27(23(19)29)17-9-5-2-6-10-17/h1-13,18-21H/t18-,19+,20-,21+/m1/s1. The van der Waals surface area contributed by atoms with Crippen molar-refractivity contribution in [3.63, 3.8) is 0 Å². The summed E-state index contributed by atoms with van der Waals surface area (Å²) >= 11 is 0. The summed E-state index contributed by atoms with van der Waals surface area (Å²) in [5.41, 5.74) is 1.40. The number of Topliss-reactive ketones (excluding diaryl/α,β-unsaturated/α-hetero) is 1. The third kappa shape index (κ3) is 2.52. The van der Waals surface area contributed by atoms with E-state index in [0.717, 1.165) is 0 Å². The fourth-order valence-corrected chi connectivity index (χ4v) is 4.73. The van der Waals surface area contributed by atoms with Crippen molar-refractivity contribution in [1.29, 1.82) is 5.26 Å². The number of carbonyl (C=O) groups is 3. The van der Waals surface area contributed by atoms with Crippen molar-refractivity contribution < 1.29 is 14.4 Å². The van der Waals surface area contributed by atoms with Gasteiger partial charge in [0.05, 0.1) is 35.2 Å². The number of allylic oxidation sites excluding steroid dienone is 2. The molecule has 0 radical (unpaired) electrons. The van der Waals surface area contributed by atoms with Gasteiger partial charge in [0.2, 0.25) is 11.8 Å². The van der Waals surface area contributed by atoms with Crippen molar-refractivity contribution in [2.24, 2.45) is 11.8 Å². The molecule has 0 aliphatic carbocycles. The molecule has 6 heteroatoms. The molecule has 4 atom stereocenters. The first-order valence-corrected chi connectivity index (χ1v) is 9.71. The second-order valence-electron chi connectivity index (χ2n) is 7.56. The van der Waals surface area contributed by atoms with Gasteiger partial charge in [0.15, 0.2) is 5.78 Å². The molecule has 3 aliphatic rings. The van der Waals surface area contributed by atoms with Gasteiger partial charge in [-0.1, -0.05) is 48.5 Å². The molecule has 0 aromatic heterocycles. The maximum Gasteiger partial charge on any atom is 0.240 e. The highest BCUT2D eigenvalue weighted by Crippen LogP contribution is 2.46. The second kappa shape index (κ2) is 6.82. The molecule has 2 amide bonds. The van der Waals surface area contributed by atoms with Gasteiger partial charge < -0.3 is 4.90 Å². The Morgan fingerprint density at radius 2 is 1.53 bits per heavy atom. The Labute approximate surface area is 173 Å². The van der Waals surface area contributed by atoms with Gasteiger partial charge in [0, 0.05) is 11.8 Å². The lowest BCUT2D eigenvalue weighted by Crippen LogP contribution is -2.46. The van der Waals surface area contributed by atoms with E-state index in [1.807, 2.05) is 12.1 Å². The first kappa shape index (κ1) is 18.1. The zero-order valence-electron chi connectivity index (χ0n) is 15.9. The molecule has 0 unspecified atom stereocenters. The van der Waals surface area contributed by atoms with Crippen LogP contribution in [-0.4, -0.2) is 34.6 Å². The molecule has 3 aliphatic heterocycles. The molecule has 0 saturated carbocycles. The topological polar surface area (TPSA) is 81.5 Å². The van der Waals surface area contributed by atoms with Crippen LogP contribution in [0.5, 0.6) is 0 Å². The Kier molecular flexibility index (Phi) is 4.11. The van der Waals surface area contributed by atoms with Crippen molar-refractivity contribution in [2.75, 3.05) is 4.90 Å². The van der Waals surface area contributed by atoms with Crippen LogP contribution in [0.25, 0.3) is 0 Å². The number of fused-ring (bicyclic) bond motifs is 3. The highest BCUT2D eigenvalue weighted by Gasteiger charge is 2.63. The summed E-state index contributed by atoms with van der Waals surface area (Å²) in [6.07, 6.45) is 4.98. The monoisotopic (exact) mass is 395 g/mol. The van der Waals surface area contributed by atoms with Gasteiger partial charge in [0.25, 0.3) is 0 Å². The number of carbonyl (C=O) groups excluding carboxylic acids is 3. The number of ketones is 1. The van der Waals surface area contributed by atoms with Gasteiger partial charge in [-0.15, -0.1) is 0 Å². The summed E-state index contributed by atoms with van der Waals surface area (Å²) in [5.74, 6) is -2.45. The predicted octanol–water partition coefficient (Wildman–Crippen LogP) is 2.71. The molecule has 2 saturated heterocycles. The van der Waals surface area contributed by atoms with Crippen LogP contribution in [0.3, 0.4) is 0 Å². The van der Waals surface area contributed by atoms with Crippen LogP contribution < -0.4 is 4.90 Å². The highest BCUT2D eigenvalue weighted by molar-refractivity contribution is 6.24. The van der Waals surface area contributed by atoms with Crippen molar-refractivity contribution >= 4 is 23.3 Å². The molecule has 30 heavy (non-hydrogen) atoms. The summed E-state index contributed by atoms with van der Waals surface area (Å²) < 4.78 is 0. The minimum Gasteiger partial charge on any atom is -0.359 e. The van der Waals surface area contributed by atoms with E-state index >= 15 is 0 Å². The van der Waals surface area contributed by atoms with Gasteiger partial charge in [-0.05, 0) is 24.3 Å². The Bertz CT molecular complexity index is 1150. The number of nitriles is 1. The van der Waals surface area contributed by atoms with Gasteiger partial charge in [-0.3, -0.25) is 14.4 Å². The van der Waals surface area contributed by atoms with Gasteiger partial charge in [-0.2, -0.15) is 5.26 Å². The minimum atomic E-state index is -0.811. The molecule has 3 heterocycles. The Morgan fingerprint density at radius 1 is 0.900 bits per heavy atom. The summed E-state index contributed by atoms with van der Waals surface area (Å²) in [6.45, 7) is 0. The Morgan fingerprint density at radius 3 is 2.20 bits per heavy atom. The third-order valence-corrected chi connectivity index (χ3v) is 6.02. The molecule has 2 fully saturated rings. The van der Waals surface area contributed by atoms with Crippen LogP contribution >= 0.6 is 0 Å².